The van der Waals surface area contributed by atoms with Gasteiger partial charge in [-0.25, -0.2) is 8.78 Å². The van der Waals surface area contributed by atoms with Gasteiger partial charge in [0, 0.05) is 12.1 Å². The molecule has 0 aliphatic carbocycles. The van der Waals surface area contributed by atoms with Crippen molar-refractivity contribution in [1.82, 2.24) is 0 Å². The molecule has 18 heavy (non-hydrogen) atoms. The van der Waals surface area contributed by atoms with E-state index in [1.165, 1.54) is 0 Å². The number of nitrogens with two attached hydrogens (primary N) is 1. The number of aliphatic hydroxyl groups is 1. The first-order valence-electron chi connectivity index (χ1n) is 5.53. The van der Waals surface area contributed by atoms with Gasteiger partial charge in [0.05, 0.1) is 6.10 Å². The van der Waals surface area contributed by atoms with Crippen molar-refractivity contribution in [2.75, 3.05) is 5.73 Å². The topological polar surface area (TPSA) is 46.2 Å². The summed E-state index contributed by atoms with van der Waals surface area (Å²) in [4.78, 5) is 0. The molecule has 3 N–H and O–H groups in total. The van der Waals surface area contributed by atoms with Crippen molar-refractivity contribution in [3.8, 4) is 0 Å². The summed E-state index contributed by atoms with van der Waals surface area (Å²) in [7, 11) is 0. The Balaban J connectivity index is 2.18. The number of aliphatic hydroxyl groups excluding tert-OH is 1. The quantitative estimate of drug-likeness (QED) is 0.822. The van der Waals surface area contributed by atoms with E-state index in [0.29, 0.717) is 11.3 Å². The largest absolute Gasteiger partial charge is 0.399 e. The Bertz CT molecular complexity index is 540. The number of halogens is 2. The van der Waals surface area contributed by atoms with Gasteiger partial charge in [-0.2, -0.15) is 0 Å². The minimum atomic E-state index is -0.887. The zero-order chi connectivity index (χ0) is 13.1. The van der Waals surface area contributed by atoms with Crippen LogP contribution >= 0.6 is 0 Å². The molecule has 0 heterocycles. The molecular formula is C14H13F2NO. The van der Waals surface area contributed by atoms with E-state index in [4.69, 9.17) is 5.73 Å². The molecule has 4 heteroatoms. The molecule has 94 valence electrons. The summed E-state index contributed by atoms with van der Waals surface area (Å²) in [5.41, 5.74) is 6.89. The average molecular weight is 249 g/mol. The maximum Gasteiger partial charge on any atom is 0.126 e. The van der Waals surface area contributed by atoms with Gasteiger partial charge in [0.15, 0.2) is 0 Å². The van der Waals surface area contributed by atoms with Crippen LogP contribution in [0.2, 0.25) is 0 Å². The molecule has 0 aromatic heterocycles. The summed E-state index contributed by atoms with van der Waals surface area (Å²) in [6.45, 7) is 0. The van der Waals surface area contributed by atoms with Gasteiger partial charge in [0.1, 0.15) is 11.6 Å². The van der Waals surface area contributed by atoms with Gasteiger partial charge in [0.25, 0.3) is 0 Å². The molecule has 0 aliphatic heterocycles. The third-order valence-corrected chi connectivity index (χ3v) is 2.74. The van der Waals surface area contributed by atoms with Crippen LogP contribution in [0.1, 0.15) is 17.2 Å². The van der Waals surface area contributed by atoms with Crippen molar-refractivity contribution in [3.05, 3.63) is 65.2 Å². The highest BCUT2D eigenvalue weighted by Crippen LogP contribution is 2.21. The van der Waals surface area contributed by atoms with Gasteiger partial charge < -0.3 is 10.8 Å². The minimum absolute atomic E-state index is 0.0213. The van der Waals surface area contributed by atoms with Crippen LogP contribution in [-0.2, 0) is 6.42 Å². The second-order valence-corrected chi connectivity index (χ2v) is 4.12. The van der Waals surface area contributed by atoms with E-state index in [1.807, 2.05) is 0 Å². The molecule has 0 spiro atoms. The predicted octanol–water partition coefficient (Wildman–Crippen LogP) is 2.82. The molecule has 2 aromatic rings. The van der Waals surface area contributed by atoms with Crippen molar-refractivity contribution in [2.45, 2.75) is 12.5 Å². The normalized spacial score (nSPS) is 12.4. The highest BCUT2D eigenvalue weighted by Gasteiger charge is 2.12. The first-order chi connectivity index (χ1) is 8.56. The van der Waals surface area contributed by atoms with Gasteiger partial charge in [-0.15, -0.1) is 0 Å². The summed E-state index contributed by atoms with van der Waals surface area (Å²) >= 11 is 0. The molecule has 2 rings (SSSR count). The number of nitrogen functional groups attached to an aromatic ring is 1. The van der Waals surface area contributed by atoms with E-state index in [2.05, 4.69) is 0 Å². The summed E-state index contributed by atoms with van der Waals surface area (Å²) in [6.07, 6.45) is -0.866. The number of benzene rings is 2. The summed E-state index contributed by atoms with van der Waals surface area (Å²) in [6, 6.07) is 9.83. The third kappa shape index (κ3) is 2.84. The molecule has 0 bridgehead atoms. The monoisotopic (exact) mass is 249 g/mol. The van der Waals surface area contributed by atoms with Crippen molar-refractivity contribution < 1.29 is 13.9 Å². The first-order valence-corrected chi connectivity index (χ1v) is 5.53. The smallest absolute Gasteiger partial charge is 0.126 e. The van der Waals surface area contributed by atoms with Crippen LogP contribution < -0.4 is 5.73 Å². The predicted molar refractivity (Wildman–Crippen MR) is 65.9 cm³/mol. The molecule has 2 nitrogen and oxygen atoms in total. The lowest BCUT2D eigenvalue weighted by atomic mass is 10.0. The van der Waals surface area contributed by atoms with Crippen molar-refractivity contribution in [3.63, 3.8) is 0 Å². The number of hydrogen-bond acceptors (Lipinski definition) is 2. The molecule has 0 amide bonds. The highest BCUT2D eigenvalue weighted by atomic mass is 19.1. The van der Waals surface area contributed by atoms with E-state index < -0.39 is 17.7 Å². The van der Waals surface area contributed by atoms with Crippen LogP contribution in [0.4, 0.5) is 14.5 Å². The van der Waals surface area contributed by atoms with E-state index >= 15 is 0 Å². The number of rotatable bonds is 3. The molecular weight excluding hydrogens is 236 g/mol. The molecule has 2 aromatic carbocycles. The van der Waals surface area contributed by atoms with Crippen LogP contribution in [0.15, 0.2) is 42.5 Å². The van der Waals surface area contributed by atoms with Gasteiger partial charge in [-0.3, -0.25) is 0 Å². The fourth-order valence-corrected chi connectivity index (χ4v) is 1.74. The Morgan fingerprint density at radius 1 is 1.06 bits per heavy atom. The van der Waals surface area contributed by atoms with Crippen molar-refractivity contribution >= 4 is 5.69 Å². The average Bonchev–Trinajstić information content (AvgIpc) is 2.34. The van der Waals surface area contributed by atoms with Gasteiger partial charge in [-0.1, -0.05) is 12.1 Å². The maximum atomic E-state index is 13.4. The minimum Gasteiger partial charge on any atom is -0.399 e. The zero-order valence-electron chi connectivity index (χ0n) is 9.61. The van der Waals surface area contributed by atoms with E-state index in [0.717, 1.165) is 18.2 Å². The SMILES string of the molecule is Nc1ccc(C(O)Cc2cc(F)ccc2F)cc1. The third-order valence-electron chi connectivity index (χ3n) is 2.74. The first kappa shape index (κ1) is 12.5. The van der Waals surface area contributed by atoms with E-state index in [9.17, 15) is 13.9 Å². The maximum absolute atomic E-state index is 13.4. The molecule has 0 aliphatic rings. The summed E-state index contributed by atoms with van der Waals surface area (Å²) in [5.74, 6) is -1.04. The second-order valence-electron chi connectivity index (χ2n) is 4.12. The van der Waals surface area contributed by atoms with Gasteiger partial charge >= 0.3 is 0 Å². The van der Waals surface area contributed by atoms with Gasteiger partial charge in [-0.05, 0) is 41.5 Å². The molecule has 0 fully saturated rings. The van der Waals surface area contributed by atoms with Crippen LogP contribution in [0, 0.1) is 11.6 Å². The Morgan fingerprint density at radius 3 is 2.39 bits per heavy atom. The number of hydrogen-bond donors (Lipinski definition) is 2. The van der Waals surface area contributed by atoms with Crippen molar-refractivity contribution in [2.24, 2.45) is 0 Å². The van der Waals surface area contributed by atoms with Crippen molar-refractivity contribution in [1.29, 1.82) is 0 Å². The molecule has 0 radical (unpaired) electrons. The number of anilines is 1. The summed E-state index contributed by atoms with van der Waals surface area (Å²) < 4.78 is 26.4. The second kappa shape index (κ2) is 5.14. The Kier molecular flexibility index (Phi) is 3.58. The van der Waals surface area contributed by atoms with E-state index in [1.54, 1.807) is 24.3 Å². The molecule has 0 saturated carbocycles. The Morgan fingerprint density at radius 2 is 1.72 bits per heavy atom. The Labute approximate surface area is 104 Å². The van der Waals surface area contributed by atoms with Crippen LogP contribution in [0.25, 0.3) is 0 Å². The lowest BCUT2D eigenvalue weighted by Crippen LogP contribution is -2.04. The standard InChI is InChI=1S/C14H13F2NO/c15-11-3-6-13(16)10(7-11)8-14(18)9-1-4-12(17)5-2-9/h1-7,14,18H,8,17H2. The van der Waals surface area contributed by atoms with E-state index in [-0.39, 0.29) is 12.0 Å². The molecule has 1 atom stereocenters. The molecule has 0 saturated heterocycles. The highest BCUT2D eigenvalue weighted by molar-refractivity contribution is 5.40. The fraction of sp³-hybridized carbons (Fsp3) is 0.143. The lowest BCUT2D eigenvalue weighted by molar-refractivity contribution is 0.177. The van der Waals surface area contributed by atoms with Gasteiger partial charge in [0.2, 0.25) is 0 Å². The zero-order valence-corrected chi connectivity index (χ0v) is 9.61. The van der Waals surface area contributed by atoms with Crippen LogP contribution in [-0.4, -0.2) is 5.11 Å². The fourth-order valence-electron chi connectivity index (χ4n) is 1.74. The Hall–Kier alpha value is -1.94. The van der Waals surface area contributed by atoms with Crippen LogP contribution in [0.5, 0.6) is 0 Å². The molecule has 1 unspecified atom stereocenters. The lowest BCUT2D eigenvalue weighted by Gasteiger charge is -2.12. The summed E-state index contributed by atoms with van der Waals surface area (Å²) in [5, 5.41) is 9.95. The van der Waals surface area contributed by atoms with Crippen LogP contribution in [0.3, 0.4) is 0 Å².